The predicted octanol–water partition coefficient (Wildman–Crippen LogP) is 5.28. The number of para-hydroxylation sites is 1. The molecule has 2 aliphatic heterocycles. The van der Waals surface area contributed by atoms with Gasteiger partial charge in [-0.25, -0.2) is 13.2 Å². The zero-order valence-corrected chi connectivity index (χ0v) is 19.7. The van der Waals surface area contributed by atoms with Gasteiger partial charge in [-0.3, -0.25) is 9.29 Å². The molecular formula is C22H23N3O3S3. The molecule has 0 bridgehead atoms. The Morgan fingerprint density at radius 1 is 1.10 bits per heavy atom. The molecule has 1 N–H and O–H groups in total. The second-order valence-corrected chi connectivity index (χ2v) is 11.4. The van der Waals surface area contributed by atoms with Gasteiger partial charge in [-0.2, -0.15) is 4.98 Å². The maximum absolute atomic E-state index is 13.0. The Morgan fingerprint density at radius 2 is 1.84 bits per heavy atom. The molecule has 2 heterocycles. The summed E-state index contributed by atoms with van der Waals surface area (Å²) in [6.07, 6.45) is 3.30. The average Bonchev–Trinajstić information content (AvgIpc) is 3.07. The number of fused-ring (bicyclic) bond motifs is 3. The Hall–Kier alpha value is -2.36. The van der Waals surface area contributed by atoms with E-state index in [0.29, 0.717) is 5.69 Å². The van der Waals surface area contributed by atoms with E-state index in [1.54, 1.807) is 47.4 Å². The lowest BCUT2D eigenvalue weighted by Crippen LogP contribution is -2.14. The van der Waals surface area contributed by atoms with Crippen LogP contribution >= 0.6 is 23.1 Å². The first-order valence-corrected chi connectivity index (χ1v) is 13.4. The fourth-order valence-electron chi connectivity index (χ4n) is 3.28. The number of sulfonamides is 1. The van der Waals surface area contributed by atoms with Gasteiger partial charge < -0.3 is 0 Å². The highest BCUT2D eigenvalue weighted by Gasteiger charge is 2.26. The second-order valence-electron chi connectivity index (χ2n) is 7.26. The summed E-state index contributed by atoms with van der Waals surface area (Å²) in [6, 6.07) is 14.2. The van der Waals surface area contributed by atoms with E-state index in [0.717, 1.165) is 45.0 Å². The molecule has 162 valence electrons. The van der Waals surface area contributed by atoms with E-state index in [1.165, 1.54) is 4.57 Å². The molecular weight excluding hydrogens is 450 g/mol. The van der Waals surface area contributed by atoms with Crippen LogP contribution < -0.4 is 10.4 Å². The Kier molecular flexibility index (Phi) is 6.36. The summed E-state index contributed by atoms with van der Waals surface area (Å²) >= 11 is 3.19. The molecule has 9 heteroatoms. The first-order valence-electron chi connectivity index (χ1n) is 10.1. The van der Waals surface area contributed by atoms with Crippen LogP contribution in [-0.2, 0) is 10.0 Å². The van der Waals surface area contributed by atoms with Gasteiger partial charge in [0.25, 0.3) is 10.0 Å². The van der Waals surface area contributed by atoms with Crippen molar-refractivity contribution in [2.24, 2.45) is 0 Å². The van der Waals surface area contributed by atoms with Crippen molar-refractivity contribution in [1.29, 1.82) is 0 Å². The van der Waals surface area contributed by atoms with Crippen molar-refractivity contribution in [1.82, 2.24) is 9.55 Å². The van der Waals surface area contributed by atoms with Crippen molar-refractivity contribution in [3.8, 4) is 5.69 Å². The number of rotatable bonds is 8. The monoisotopic (exact) mass is 473 g/mol. The van der Waals surface area contributed by atoms with Crippen LogP contribution in [0.3, 0.4) is 0 Å². The Morgan fingerprint density at radius 3 is 2.58 bits per heavy atom. The van der Waals surface area contributed by atoms with Crippen molar-refractivity contribution < 1.29 is 8.42 Å². The summed E-state index contributed by atoms with van der Waals surface area (Å²) in [5, 5.41) is 0. The number of hydrogen-bond acceptors (Lipinski definition) is 6. The highest BCUT2D eigenvalue weighted by atomic mass is 32.2. The predicted molar refractivity (Wildman–Crippen MR) is 129 cm³/mol. The van der Waals surface area contributed by atoms with Gasteiger partial charge in [-0.15, -0.1) is 23.1 Å². The zero-order chi connectivity index (χ0) is 22.0. The smallest absolute Gasteiger partial charge is 0.261 e. The van der Waals surface area contributed by atoms with Crippen LogP contribution in [0.2, 0.25) is 0 Å². The number of anilines is 1. The molecule has 31 heavy (non-hydrogen) atoms. The first-order chi connectivity index (χ1) is 14.9. The van der Waals surface area contributed by atoms with Crippen molar-refractivity contribution >= 4 is 49.2 Å². The van der Waals surface area contributed by atoms with Gasteiger partial charge in [0.05, 0.1) is 19.3 Å². The lowest BCUT2D eigenvalue weighted by atomic mass is 10.2. The number of imidazole rings is 1. The molecule has 2 aromatic carbocycles. The highest BCUT2D eigenvalue weighted by molar-refractivity contribution is 8.01. The van der Waals surface area contributed by atoms with Gasteiger partial charge in [0.15, 0.2) is 5.82 Å². The van der Waals surface area contributed by atoms with E-state index in [9.17, 15) is 13.2 Å². The van der Waals surface area contributed by atoms with Crippen LogP contribution in [-0.4, -0.2) is 23.7 Å². The van der Waals surface area contributed by atoms with Crippen molar-refractivity contribution in [3.05, 3.63) is 64.6 Å². The van der Waals surface area contributed by atoms with Crippen LogP contribution in [0.5, 0.6) is 0 Å². The third-order valence-electron chi connectivity index (χ3n) is 4.89. The third kappa shape index (κ3) is 4.49. The summed E-state index contributed by atoms with van der Waals surface area (Å²) in [5.41, 5.74) is 1.72. The lowest BCUT2D eigenvalue weighted by molar-refractivity contribution is 0.601. The largest absolute Gasteiger partial charge is 0.354 e. The van der Waals surface area contributed by atoms with Crippen LogP contribution in [0.25, 0.3) is 15.9 Å². The van der Waals surface area contributed by atoms with Gasteiger partial charge in [0, 0.05) is 0 Å². The molecule has 6 nitrogen and oxygen atoms in total. The molecule has 0 aromatic heterocycles. The quantitative estimate of drug-likeness (QED) is 0.278. The van der Waals surface area contributed by atoms with Crippen LogP contribution in [0.4, 0.5) is 5.82 Å². The maximum Gasteiger partial charge on any atom is 0.354 e. The molecule has 0 fully saturated rings. The normalized spacial score (nSPS) is 11.9. The Bertz CT molecular complexity index is 1340. The van der Waals surface area contributed by atoms with E-state index in [2.05, 4.69) is 16.6 Å². The van der Waals surface area contributed by atoms with Gasteiger partial charge in [0.2, 0.25) is 0 Å². The molecule has 0 saturated heterocycles. The standard InChI is InChI=1S/C22H23N3O3S3/c1-3-4-7-14-29-21-19-20(24-31(27,28)16-12-10-15(2)11-13-16)23-22(26)25(19)17-8-5-6-9-18(17)30-21/h5-6,8-13H,3-4,7,14H2,1-2H3,(H,23,24,26). The van der Waals surface area contributed by atoms with E-state index >= 15 is 0 Å². The van der Waals surface area contributed by atoms with Crippen molar-refractivity contribution in [2.45, 2.75) is 42.2 Å². The zero-order valence-electron chi connectivity index (χ0n) is 17.3. The van der Waals surface area contributed by atoms with Crippen LogP contribution in [0.1, 0.15) is 31.7 Å². The molecule has 0 amide bonds. The second kappa shape index (κ2) is 9.02. The van der Waals surface area contributed by atoms with Gasteiger partial charge in [-0.05, 0) is 43.4 Å². The summed E-state index contributed by atoms with van der Waals surface area (Å²) in [7, 11) is -3.88. The molecule has 0 saturated carbocycles. The number of nitrogens with zero attached hydrogens (tertiary/aromatic N) is 2. The summed E-state index contributed by atoms with van der Waals surface area (Å²) in [6.45, 7) is 4.05. The maximum atomic E-state index is 13.0. The Balaban J connectivity index is 1.81. The van der Waals surface area contributed by atoms with Gasteiger partial charge >= 0.3 is 5.69 Å². The van der Waals surface area contributed by atoms with Crippen molar-refractivity contribution in [3.63, 3.8) is 0 Å². The summed E-state index contributed by atoms with van der Waals surface area (Å²) in [4.78, 5) is 17.0. The van der Waals surface area contributed by atoms with E-state index < -0.39 is 15.7 Å². The molecule has 4 rings (SSSR count). The molecule has 2 aromatic rings. The minimum Gasteiger partial charge on any atom is -0.261 e. The fraction of sp³-hybridized carbons (Fsp3) is 0.273. The molecule has 0 aliphatic carbocycles. The van der Waals surface area contributed by atoms with Gasteiger partial charge in [-0.1, -0.05) is 49.6 Å². The average molecular weight is 474 g/mol. The minimum atomic E-state index is -3.88. The number of benzene rings is 2. The number of aromatic nitrogens is 2. The number of thioether (sulfide) groups is 1. The topological polar surface area (TPSA) is 81.1 Å². The van der Waals surface area contributed by atoms with E-state index in [1.807, 2.05) is 31.2 Å². The van der Waals surface area contributed by atoms with E-state index in [-0.39, 0.29) is 10.7 Å². The number of hydrogen-bond donors (Lipinski definition) is 1. The highest BCUT2D eigenvalue weighted by Crippen LogP contribution is 2.40. The summed E-state index contributed by atoms with van der Waals surface area (Å²) in [5.74, 6) is 0.965. The fourth-order valence-corrected chi connectivity index (χ4v) is 6.80. The number of nitrogens with one attached hydrogen (secondary N) is 1. The SMILES string of the molecule is CCCCCSc1sc2ccccc2n2c(=O)nc(NS(=O)(=O)c3ccc(C)cc3)c1-2. The summed E-state index contributed by atoms with van der Waals surface area (Å²) < 4.78 is 31.9. The molecule has 2 aliphatic rings. The Labute approximate surface area is 189 Å². The molecule has 0 spiro atoms. The van der Waals surface area contributed by atoms with Crippen LogP contribution in [0, 0.1) is 6.92 Å². The number of aryl methyl sites for hydroxylation is 1. The van der Waals surface area contributed by atoms with Crippen molar-refractivity contribution in [2.75, 3.05) is 10.5 Å². The number of unbranched alkanes of at least 4 members (excludes halogenated alkanes) is 2. The third-order valence-corrected chi connectivity index (χ3v) is 8.74. The van der Waals surface area contributed by atoms with Crippen LogP contribution in [0.15, 0.2) is 62.4 Å². The first kappa shape index (κ1) is 21.9. The minimum absolute atomic E-state index is 0.0746. The van der Waals surface area contributed by atoms with Gasteiger partial charge in [0.1, 0.15) is 5.69 Å². The lowest BCUT2D eigenvalue weighted by Gasteiger charge is -2.14. The molecule has 0 unspecified atom stereocenters. The van der Waals surface area contributed by atoms with E-state index in [4.69, 9.17) is 0 Å². The molecule has 0 radical (unpaired) electrons. The molecule has 0 atom stereocenters.